The highest BCUT2D eigenvalue weighted by Gasteiger charge is 2.45. The lowest BCUT2D eigenvalue weighted by molar-refractivity contribution is 1.19. The van der Waals surface area contributed by atoms with Crippen LogP contribution >= 0.6 is 0 Å². The Labute approximate surface area is 370 Å². The minimum atomic E-state index is -3.17. The van der Waals surface area contributed by atoms with E-state index in [4.69, 9.17) is 15.0 Å². The van der Waals surface area contributed by atoms with E-state index < -0.39 is 8.07 Å². The first-order valence-electron chi connectivity index (χ1n) is 21.5. The predicted octanol–water partition coefficient (Wildman–Crippen LogP) is 11.1. The van der Waals surface area contributed by atoms with Crippen molar-refractivity contribution in [1.29, 1.82) is 5.26 Å². The van der Waals surface area contributed by atoms with E-state index >= 15 is 0 Å². The van der Waals surface area contributed by atoms with Gasteiger partial charge in [0.25, 0.3) is 0 Å². The van der Waals surface area contributed by atoms with Crippen molar-refractivity contribution in [2.75, 3.05) is 0 Å². The van der Waals surface area contributed by atoms with Crippen molar-refractivity contribution >= 4 is 94.5 Å². The fraction of sp³-hybridized carbons (Fsp3) is 0. The highest BCUT2D eigenvalue weighted by Crippen LogP contribution is 2.41. The summed E-state index contributed by atoms with van der Waals surface area (Å²) in [6, 6.07) is 81.8. The van der Waals surface area contributed by atoms with Crippen LogP contribution in [0, 0.1) is 11.3 Å². The molecule has 0 fully saturated rings. The summed E-state index contributed by atoms with van der Waals surface area (Å²) in [6.45, 7) is 0. The van der Waals surface area contributed by atoms with E-state index in [1.54, 1.807) is 0 Å². The number of hydrogen-bond donors (Lipinski definition) is 0. The molecule has 0 spiro atoms. The molecule has 0 saturated carbocycles. The maximum absolute atomic E-state index is 9.54. The van der Waals surface area contributed by atoms with Crippen LogP contribution in [0.3, 0.4) is 0 Å². The monoisotopic (exact) mass is 831 g/mol. The molecule has 0 aliphatic heterocycles. The van der Waals surface area contributed by atoms with Gasteiger partial charge in [0, 0.05) is 32.6 Å². The van der Waals surface area contributed by atoms with Gasteiger partial charge in [-0.3, -0.25) is 0 Å². The van der Waals surface area contributed by atoms with Crippen molar-refractivity contribution < 1.29 is 0 Å². The van der Waals surface area contributed by atoms with Crippen LogP contribution in [0.1, 0.15) is 5.56 Å². The van der Waals surface area contributed by atoms with Gasteiger partial charge in [-0.05, 0) is 91.4 Å². The zero-order chi connectivity index (χ0) is 42.6. The lowest BCUT2D eigenvalue weighted by Crippen LogP contribution is -2.76. The number of benzene rings is 9. The second-order valence-electron chi connectivity index (χ2n) is 16.3. The maximum atomic E-state index is 9.54. The fourth-order valence-electron chi connectivity index (χ4n) is 9.85. The lowest BCUT2D eigenvalue weighted by atomic mass is 9.98. The molecule has 4 bridgehead atoms. The Balaban J connectivity index is 1.29. The number of nitriles is 1. The third-order valence-electron chi connectivity index (χ3n) is 12.8. The van der Waals surface area contributed by atoms with Crippen molar-refractivity contribution in [3.8, 4) is 22.9 Å². The Morgan fingerprint density at radius 1 is 0.391 bits per heavy atom. The SMILES string of the molecule is N#Cc1ccc(-c2ccc3c(c2)c2cc4cc(c5ccccc5c5nc([Si](c6ccccc6)(c6ccccc6)c6ccccc6)nc(n5)c5ccccc45)c2n3-c2ccccc2)cc1. The average molecular weight is 832 g/mol. The fourth-order valence-corrected chi connectivity index (χ4v) is 14.2. The highest BCUT2D eigenvalue weighted by molar-refractivity contribution is 7.19. The summed E-state index contributed by atoms with van der Waals surface area (Å²) in [7, 11) is -3.17. The number of fused-ring (bicyclic) bond motifs is 14. The molecular weight excluding hydrogens is 795 g/mol. The number of para-hydroxylation sites is 1. The quantitative estimate of drug-likeness (QED) is 0.124. The summed E-state index contributed by atoms with van der Waals surface area (Å²) in [5.74, 6) is 0. The van der Waals surface area contributed by atoms with Crippen molar-refractivity contribution in [2.45, 2.75) is 0 Å². The van der Waals surface area contributed by atoms with Gasteiger partial charge in [0.2, 0.25) is 8.07 Å². The summed E-state index contributed by atoms with van der Waals surface area (Å²) in [5, 5.41) is 21.5. The van der Waals surface area contributed by atoms with Crippen LogP contribution in [0.5, 0.6) is 0 Å². The summed E-state index contributed by atoms with van der Waals surface area (Å²) >= 11 is 0. The van der Waals surface area contributed by atoms with E-state index in [9.17, 15) is 5.26 Å². The summed E-state index contributed by atoms with van der Waals surface area (Å²) in [6.07, 6.45) is 0. The van der Waals surface area contributed by atoms with Gasteiger partial charge < -0.3 is 4.57 Å². The Hall–Kier alpha value is -8.50. The van der Waals surface area contributed by atoms with Gasteiger partial charge in [-0.1, -0.05) is 176 Å². The van der Waals surface area contributed by atoms with Crippen LogP contribution in [0.4, 0.5) is 0 Å². The van der Waals surface area contributed by atoms with Crippen LogP contribution in [-0.4, -0.2) is 27.6 Å². The van der Waals surface area contributed by atoms with Gasteiger partial charge in [0.15, 0.2) is 11.3 Å². The Morgan fingerprint density at radius 3 is 1.42 bits per heavy atom. The van der Waals surface area contributed by atoms with Gasteiger partial charge in [-0.15, -0.1) is 0 Å². The molecular formula is C58H37N5Si. The standard InChI is InChI=1S/C58H37N5Si/c59-38-39-29-31-40(32-30-39)41-33-34-54-51(35-41)53-37-42-36-52(55(53)63(54)43-17-5-1-6-18-43)48-26-14-16-28-50(48)57-60-56(49-27-15-13-25-47(42)49)61-58(62-57)64(44-19-7-2-8-20-44,45-21-9-3-10-22-45)46-23-11-4-12-24-46/h1-37H. The first-order chi connectivity index (χ1) is 31.7. The van der Waals surface area contributed by atoms with Crippen molar-refractivity contribution in [2.24, 2.45) is 0 Å². The minimum Gasteiger partial charge on any atom is -0.309 e. The van der Waals surface area contributed by atoms with Crippen LogP contribution < -0.4 is 21.0 Å². The first-order valence-corrected chi connectivity index (χ1v) is 23.5. The van der Waals surface area contributed by atoms with E-state index in [1.165, 1.54) is 15.6 Å². The molecule has 0 unspecified atom stereocenters. The van der Waals surface area contributed by atoms with Gasteiger partial charge in [0.05, 0.1) is 22.7 Å². The molecule has 0 atom stereocenters. The molecule has 0 amide bonds. The molecule has 0 radical (unpaired) electrons. The number of rotatable bonds is 6. The zero-order valence-corrected chi connectivity index (χ0v) is 35.6. The normalized spacial score (nSPS) is 11.7. The second-order valence-corrected chi connectivity index (χ2v) is 19.9. The maximum Gasteiger partial charge on any atom is 0.226 e. The van der Waals surface area contributed by atoms with Crippen LogP contribution in [0.25, 0.3) is 82.2 Å². The minimum absolute atomic E-state index is 0.635. The van der Waals surface area contributed by atoms with Gasteiger partial charge >= 0.3 is 0 Å². The van der Waals surface area contributed by atoms with Crippen LogP contribution in [-0.2, 0) is 0 Å². The Morgan fingerprint density at radius 2 is 0.859 bits per heavy atom. The molecule has 6 heteroatoms. The third kappa shape index (κ3) is 5.87. The lowest BCUT2D eigenvalue weighted by Gasteiger charge is -2.32. The van der Waals surface area contributed by atoms with Crippen LogP contribution in [0.15, 0.2) is 224 Å². The number of nitrogens with zero attached hydrogens (tertiary/aromatic N) is 5. The van der Waals surface area contributed by atoms with E-state index in [2.05, 4.69) is 211 Å². The van der Waals surface area contributed by atoms with Crippen molar-refractivity contribution in [3.05, 3.63) is 230 Å². The smallest absolute Gasteiger partial charge is 0.226 e. The zero-order valence-electron chi connectivity index (χ0n) is 34.6. The summed E-state index contributed by atoms with van der Waals surface area (Å²) < 4.78 is 2.41. The molecule has 0 N–H and O–H groups in total. The topological polar surface area (TPSA) is 67.4 Å². The van der Waals surface area contributed by atoms with Crippen molar-refractivity contribution in [3.63, 3.8) is 0 Å². The molecule has 0 aliphatic carbocycles. The van der Waals surface area contributed by atoms with Gasteiger partial charge in [-0.2, -0.15) is 5.26 Å². The van der Waals surface area contributed by atoms with Crippen molar-refractivity contribution in [1.82, 2.24) is 19.5 Å². The molecule has 9 aromatic carbocycles. The predicted molar refractivity (Wildman–Crippen MR) is 267 cm³/mol. The Kier molecular flexibility index (Phi) is 8.82. The van der Waals surface area contributed by atoms with Gasteiger partial charge in [-0.25, -0.2) is 15.0 Å². The molecule has 0 saturated heterocycles. The first kappa shape index (κ1) is 37.3. The molecule has 0 aliphatic rings. The van der Waals surface area contributed by atoms with Gasteiger partial charge in [0.1, 0.15) is 5.45 Å². The van der Waals surface area contributed by atoms with Crippen LogP contribution in [0.2, 0.25) is 0 Å². The van der Waals surface area contributed by atoms with E-state index in [-0.39, 0.29) is 0 Å². The largest absolute Gasteiger partial charge is 0.309 e. The molecule has 3 aromatic heterocycles. The molecule has 298 valence electrons. The molecule has 5 nitrogen and oxygen atoms in total. The summed E-state index contributed by atoms with van der Waals surface area (Å²) in [4.78, 5) is 16.8. The third-order valence-corrected chi connectivity index (χ3v) is 17.2. The molecule has 3 heterocycles. The summed E-state index contributed by atoms with van der Waals surface area (Å²) in [5.41, 5.74) is 8.11. The number of aromatic nitrogens is 4. The average Bonchev–Trinajstić information content (AvgIpc) is 3.71. The highest BCUT2D eigenvalue weighted by atomic mass is 28.3. The second kappa shape index (κ2) is 15.1. The number of hydrogen-bond acceptors (Lipinski definition) is 4. The van der Waals surface area contributed by atoms with E-state index in [1.807, 2.05) is 24.3 Å². The van der Waals surface area contributed by atoms with E-state index in [0.717, 1.165) is 76.4 Å². The molecule has 64 heavy (non-hydrogen) atoms. The Bertz CT molecular complexity index is 3730. The van der Waals surface area contributed by atoms with E-state index in [0.29, 0.717) is 16.9 Å². The molecule has 12 aromatic rings. The molecule has 12 rings (SSSR count).